The van der Waals surface area contributed by atoms with Crippen LogP contribution in [0.15, 0.2) is 36.7 Å². The van der Waals surface area contributed by atoms with E-state index in [-0.39, 0.29) is 11.8 Å². The van der Waals surface area contributed by atoms with Gasteiger partial charge < -0.3 is 20.6 Å². The molecule has 1 aliphatic heterocycles. The molecular weight excluding hydrogens is 318 g/mol. The summed E-state index contributed by atoms with van der Waals surface area (Å²) in [5, 5.41) is 7.87. The standard InChI is InChI=1S/C17H19N7O/c18-17-21-15(22-23-17)12-6-8-24(9-7-12)16(25)14-13(19-10-20-14)11-4-2-1-3-5-11/h1-5,10,12H,6-9H2,(H,19,20)(H3,18,21,22,23). The number of anilines is 1. The van der Waals surface area contributed by atoms with E-state index in [2.05, 4.69) is 25.1 Å². The normalized spacial score (nSPS) is 15.4. The van der Waals surface area contributed by atoms with Crippen molar-refractivity contribution < 1.29 is 4.79 Å². The number of hydrogen-bond acceptors (Lipinski definition) is 5. The summed E-state index contributed by atoms with van der Waals surface area (Å²) in [5.74, 6) is 1.37. The van der Waals surface area contributed by atoms with Gasteiger partial charge in [-0.15, -0.1) is 10.2 Å². The number of benzene rings is 1. The van der Waals surface area contributed by atoms with Gasteiger partial charge in [0.25, 0.3) is 5.91 Å². The minimum absolute atomic E-state index is 0.0214. The van der Waals surface area contributed by atoms with Crippen LogP contribution in [0.2, 0.25) is 0 Å². The summed E-state index contributed by atoms with van der Waals surface area (Å²) < 4.78 is 0. The lowest BCUT2D eigenvalue weighted by Crippen LogP contribution is -2.38. The Morgan fingerprint density at radius 1 is 1.16 bits per heavy atom. The summed E-state index contributed by atoms with van der Waals surface area (Å²) in [4.78, 5) is 25.1. The summed E-state index contributed by atoms with van der Waals surface area (Å²) in [6.45, 7) is 1.33. The van der Waals surface area contributed by atoms with Gasteiger partial charge in [-0.3, -0.25) is 4.79 Å². The minimum Gasteiger partial charge on any atom is -0.368 e. The van der Waals surface area contributed by atoms with Crippen molar-refractivity contribution in [1.82, 2.24) is 30.0 Å². The van der Waals surface area contributed by atoms with Crippen LogP contribution in [0.4, 0.5) is 5.95 Å². The molecule has 8 nitrogen and oxygen atoms in total. The molecule has 4 rings (SSSR count). The molecule has 128 valence electrons. The van der Waals surface area contributed by atoms with Crippen molar-refractivity contribution in [2.75, 3.05) is 18.8 Å². The number of imidazole rings is 1. The number of piperidine rings is 1. The maximum atomic E-state index is 12.9. The molecule has 25 heavy (non-hydrogen) atoms. The molecule has 3 heterocycles. The molecule has 0 radical (unpaired) electrons. The molecule has 8 heteroatoms. The number of aromatic nitrogens is 5. The first-order chi connectivity index (χ1) is 12.2. The lowest BCUT2D eigenvalue weighted by molar-refractivity contribution is 0.0706. The molecule has 1 fully saturated rings. The zero-order valence-electron chi connectivity index (χ0n) is 13.6. The fourth-order valence-electron chi connectivity index (χ4n) is 3.26. The maximum absolute atomic E-state index is 12.9. The van der Waals surface area contributed by atoms with Gasteiger partial charge in [0.15, 0.2) is 0 Å². The van der Waals surface area contributed by atoms with Crippen molar-refractivity contribution in [1.29, 1.82) is 0 Å². The lowest BCUT2D eigenvalue weighted by atomic mass is 9.96. The van der Waals surface area contributed by atoms with E-state index in [1.54, 1.807) is 6.33 Å². The molecule has 0 unspecified atom stereocenters. The third-order valence-electron chi connectivity index (χ3n) is 4.59. The third kappa shape index (κ3) is 2.98. The number of likely N-dealkylation sites (tertiary alicyclic amines) is 1. The second kappa shape index (κ2) is 6.39. The lowest BCUT2D eigenvalue weighted by Gasteiger charge is -2.30. The highest BCUT2D eigenvalue weighted by Crippen LogP contribution is 2.28. The van der Waals surface area contributed by atoms with Crippen LogP contribution in [0.5, 0.6) is 0 Å². The quantitative estimate of drug-likeness (QED) is 0.674. The first kappa shape index (κ1) is 15.4. The number of nitrogens with two attached hydrogens (primary N) is 1. The van der Waals surface area contributed by atoms with Crippen LogP contribution in [0.1, 0.15) is 35.1 Å². The zero-order valence-corrected chi connectivity index (χ0v) is 13.6. The summed E-state index contributed by atoms with van der Waals surface area (Å²) in [7, 11) is 0. The second-order valence-electron chi connectivity index (χ2n) is 6.15. The van der Waals surface area contributed by atoms with Crippen molar-refractivity contribution in [3.63, 3.8) is 0 Å². The molecule has 1 aliphatic rings. The number of nitrogen functional groups attached to an aromatic ring is 1. The Labute approximate surface area is 144 Å². The van der Waals surface area contributed by atoms with Crippen molar-refractivity contribution in [2.24, 2.45) is 0 Å². The van der Waals surface area contributed by atoms with Gasteiger partial charge in [0.2, 0.25) is 5.95 Å². The Hall–Kier alpha value is -3.16. The SMILES string of the molecule is Nc1nnc(C2CCN(C(=O)c3[nH]cnc3-c3ccccc3)CC2)[nH]1. The number of nitrogens with zero attached hydrogens (tertiary/aromatic N) is 4. The van der Waals surface area contributed by atoms with E-state index < -0.39 is 0 Å². The van der Waals surface area contributed by atoms with Crippen LogP contribution in [-0.2, 0) is 0 Å². The van der Waals surface area contributed by atoms with Gasteiger partial charge in [0.1, 0.15) is 17.2 Å². The highest BCUT2D eigenvalue weighted by atomic mass is 16.2. The molecule has 1 amide bonds. The van der Waals surface area contributed by atoms with Gasteiger partial charge in [0, 0.05) is 24.6 Å². The van der Waals surface area contributed by atoms with Gasteiger partial charge in [-0.05, 0) is 12.8 Å². The number of amides is 1. The van der Waals surface area contributed by atoms with E-state index in [0.29, 0.717) is 30.4 Å². The van der Waals surface area contributed by atoms with Crippen molar-refractivity contribution >= 4 is 11.9 Å². The number of nitrogens with one attached hydrogen (secondary N) is 2. The summed E-state index contributed by atoms with van der Waals surface area (Å²) in [6, 6.07) is 9.72. The summed E-state index contributed by atoms with van der Waals surface area (Å²) >= 11 is 0. The molecule has 1 saturated heterocycles. The molecule has 1 aromatic carbocycles. The molecule has 0 bridgehead atoms. The van der Waals surface area contributed by atoms with Gasteiger partial charge >= 0.3 is 0 Å². The van der Waals surface area contributed by atoms with E-state index in [4.69, 9.17) is 5.73 Å². The van der Waals surface area contributed by atoms with Gasteiger partial charge in [-0.1, -0.05) is 30.3 Å². The van der Waals surface area contributed by atoms with Crippen LogP contribution in [0.3, 0.4) is 0 Å². The molecule has 0 saturated carbocycles. The smallest absolute Gasteiger partial charge is 0.272 e. The van der Waals surface area contributed by atoms with E-state index >= 15 is 0 Å². The van der Waals surface area contributed by atoms with E-state index in [0.717, 1.165) is 24.2 Å². The highest BCUT2D eigenvalue weighted by Gasteiger charge is 2.28. The van der Waals surface area contributed by atoms with Crippen molar-refractivity contribution in [2.45, 2.75) is 18.8 Å². The average molecular weight is 337 g/mol. The van der Waals surface area contributed by atoms with Crippen molar-refractivity contribution in [3.05, 3.63) is 48.2 Å². The monoisotopic (exact) mass is 337 g/mol. The molecule has 0 atom stereocenters. The minimum atomic E-state index is -0.0214. The fraction of sp³-hybridized carbons (Fsp3) is 0.294. The predicted molar refractivity (Wildman–Crippen MR) is 92.7 cm³/mol. The van der Waals surface area contributed by atoms with Gasteiger partial charge in [-0.2, -0.15) is 0 Å². The average Bonchev–Trinajstić information content (AvgIpc) is 3.31. The molecule has 2 aromatic heterocycles. The van der Waals surface area contributed by atoms with Crippen LogP contribution in [0.25, 0.3) is 11.3 Å². The molecular formula is C17H19N7O. The predicted octanol–water partition coefficient (Wildman–Crippen LogP) is 1.80. The number of rotatable bonds is 3. The zero-order chi connectivity index (χ0) is 17.2. The second-order valence-corrected chi connectivity index (χ2v) is 6.15. The number of carbonyl (C=O) groups excluding carboxylic acids is 1. The van der Waals surface area contributed by atoms with Crippen LogP contribution >= 0.6 is 0 Å². The van der Waals surface area contributed by atoms with E-state index in [1.165, 1.54) is 0 Å². The molecule has 3 aromatic rings. The number of carbonyl (C=O) groups is 1. The Kier molecular flexibility index (Phi) is 3.93. The topological polar surface area (TPSA) is 117 Å². The Morgan fingerprint density at radius 3 is 2.60 bits per heavy atom. The third-order valence-corrected chi connectivity index (χ3v) is 4.59. The first-order valence-electron chi connectivity index (χ1n) is 8.28. The molecule has 4 N–H and O–H groups in total. The number of hydrogen-bond donors (Lipinski definition) is 3. The van der Waals surface area contributed by atoms with E-state index in [1.807, 2.05) is 35.2 Å². The largest absolute Gasteiger partial charge is 0.368 e. The Balaban J connectivity index is 1.47. The Bertz CT molecular complexity index is 862. The van der Waals surface area contributed by atoms with Crippen LogP contribution < -0.4 is 5.73 Å². The number of H-pyrrole nitrogens is 2. The van der Waals surface area contributed by atoms with Crippen molar-refractivity contribution in [3.8, 4) is 11.3 Å². The Morgan fingerprint density at radius 2 is 1.92 bits per heavy atom. The highest BCUT2D eigenvalue weighted by molar-refractivity contribution is 5.98. The fourth-order valence-corrected chi connectivity index (χ4v) is 3.26. The van der Waals surface area contributed by atoms with E-state index in [9.17, 15) is 4.79 Å². The molecule has 0 aliphatic carbocycles. The summed E-state index contributed by atoms with van der Waals surface area (Å²) in [6.07, 6.45) is 3.23. The molecule has 0 spiro atoms. The van der Waals surface area contributed by atoms with Crippen LogP contribution in [-0.4, -0.2) is 49.0 Å². The number of aromatic amines is 2. The van der Waals surface area contributed by atoms with Gasteiger partial charge in [0.05, 0.1) is 6.33 Å². The van der Waals surface area contributed by atoms with Gasteiger partial charge in [-0.25, -0.2) is 4.98 Å². The van der Waals surface area contributed by atoms with Crippen LogP contribution in [0, 0.1) is 0 Å². The summed E-state index contributed by atoms with van der Waals surface area (Å²) in [5.41, 5.74) is 7.75. The maximum Gasteiger partial charge on any atom is 0.272 e. The first-order valence-corrected chi connectivity index (χ1v) is 8.28.